The molecule has 2 unspecified atom stereocenters. The van der Waals surface area contributed by atoms with Gasteiger partial charge in [0.1, 0.15) is 0 Å². The Kier molecular flexibility index (Phi) is 6.15. The van der Waals surface area contributed by atoms with E-state index in [1.807, 2.05) is 0 Å². The summed E-state index contributed by atoms with van der Waals surface area (Å²) in [6.07, 6.45) is 9.86. The van der Waals surface area contributed by atoms with Gasteiger partial charge in [0.05, 0.1) is 0 Å². The highest BCUT2D eigenvalue weighted by molar-refractivity contribution is 5.76. The minimum Gasteiger partial charge on any atom is -0.356 e. The number of hydrogen-bond acceptors (Lipinski definition) is 2. The Hall–Kier alpha value is -0.570. The molecule has 1 aliphatic heterocycles. The number of nitrogens with one attached hydrogen (secondary N) is 2. The van der Waals surface area contributed by atoms with E-state index in [0.717, 1.165) is 26.1 Å². The fourth-order valence-corrected chi connectivity index (χ4v) is 3.52. The van der Waals surface area contributed by atoms with Crippen molar-refractivity contribution in [1.29, 1.82) is 0 Å². The molecule has 1 aliphatic carbocycles. The van der Waals surface area contributed by atoms with Gasteiger partial charge < -0.3 is 10.6 Å². The smallest absolute Gasteiger partial charge is 0.220 e. The van der Waals surface area contributed by atoms with Gasteiger partial charge in [-0.25, -0.2) is 0 Å². The molecule has 2 rings (SSSR count). The molecule has 1 saturated heterocycles. The van der Waals surface area contributed by atoms with E-state index >= 15 is 0 Å². The Morgan fingerprint density at radius 3 is 2.58 bits per heavy atom. The molecular weight excluding hydrogens is 236 g/mol. The van der Waals surface area contributed by atoms with Crippen molar-refractivity contribution in [1.82, 2.24) is 10.6 Å². The summed E-state index contributed by atoms with van der Waals surface area (Å²) < 4.78 is 0. The maximum Gasteiger partial charge on any atom is 0.220 e. The summed E-state index contributed by atoms with van der Waals surface area (Å²) in [5, 5.41) is 6.60. The second-order valence-electron chi connectivity index (χ2n) is 6.60. The first-order chi connectivity index (χ1) is 9.25. The van der Waals surface area contributed by atoms with Crippen molar-refractivity contribution >= 4 is 5.91 Å². The van der Waals surface area contributed by atoms with Crippen molar-refractivity contribution in [2.45, 2.75) is 58.3 Å². The summed E-state index contributed by atoms with van der Waals surface area (Å²) in [6, 6.07) is 0. The van der Waals surface area contributed by atoms with Crippen LogP contribution < -0.4 is 10.6 Å². The number of piperidine rings is 1. The van der Waals surface area contributed by atoms with Crippen LogP contribution >= 0.6 is 0 Å². The highest BCUT2D eigenvalue weighted by atomic mass is 16.1. The van der Waals surface area contributed by atoms with Crippen molar-refractivity contribution < 1.29 is 4.79 Å². The minimum atomic E-state index is 0.289. The van der Waals surface area contributed by atoms with Gasteiger partial charge in [-0.2, -0.15) is 0 Å². The molecule has 1 saturated carbocycles. The number of carbonyl (C=O) groups excluding carboxylic acids is 1. The highest BCUT2D eigenvalue weighted by Gasteiger charge is 2.22. The molecule has 0 aromatic rings. The van der Waals surface area contributed by atoms with Crippen LogP contribution in [0.15, 0.2) is 0 Å². The van der Waals surface area contributed by atoms with Gasteiger partial charge in [0.15, 0.2) is 0 Å². The Bertz CT molecular complexity index is 272. The monoisotopic (exact) mass is 266 g/mol. The van der Waals surface area contributed by atoms with E-state index in [1.165, 1.54) is 44.9 Å². The van der Waals surface area contributed by atoms with Crippen LogP contribution in [0, 0.1) is 17.8 Å². The number of carbonyl (C=O) groups is 1. The van der Waals surface area contributed by atoms with Gasteiger partial charge in [0.2, 0.25) is 5.91 Å². The van der Waals surface area contributed by atoms with Crippen LogP contribution in [0.1, 0.15) is 58.3 Å². The maximum absolute atomic E-state index is 12.0. The van der Waals surface area contributed by atoms with Crippen LogP contribution in [0.4, 0.5) is 0 Å². The average molecular weight is 266 g/mol. The summed E-state index contributed by atoms with van der Waals surface area (Å²) >= 11 is 0. The van der Waals surface area contributed by atoms with E-state index in [0.29, 0.717) is 17.8 Å². The zero-order valence-electron chi connectivity index (χ0n) is 12.4. The molecular formula is C16H30N2O. The number of amides is 1. The second-order valence-corrected chi connectivity index (χ2v) is 6.60. The Morgan fingerprint density at radius 1 is 1.16 bits per heavy atom. The van der Waals surface area contributed by atoms with Crippen LogP contribution in [-0.2, 0) is 4.79 Å². The van der Waals surface area contributed by atoms with Gasteiger partial charge in [-0.3, -0.25) is 4.79 Å². The predicted molar refractivity (Wildman–Crippen MR) is 79.0 cm³/mol. The van der Waals surface area contributed by atoms with Gasteiger partial charge in [0.25, 0.3) is 0 Å². The number of hydrogen-bond donors (Lipinski definition) is 2. The lowest BCUT2D eigenvalue weighted by Crippen LogP contribution is -2.41. The third kappa shape index (κ3) is 5.13. The quantitative estimate of drug-likeness (QED) is 0.768. The molecule has 2 N–H and O–H groups in total. The summed E-state index contributed by atoms with van der Waals surface area (Å²) in [7, 11) is 0. The largest absolute Gasteiger partial charge is 0.356 e. The van der Waals surface area contributed by atoms with E-state index in [9.17, 15) is 4.79 Å². The molecule has 1 heterocycles. The van der Waals surface area contributed by atoms with Crippen LogP contribution in [0.3, 0.4) is 0 Å². The number of rotatable bonds is 4. The summed E-state index contributed by atoms with van der Waals surface area (Å²) in [5.74, 6) is 2.29. The van der Waals surface area contributed by atoms with Gasteiger partial charge in [-0.15, -0.1) is 0 Å². The van der Waals surface area contributed by atoms with E-state index in [1.54, 1.807) is 0 Å². The standard InChI is InChI=1S/C16H30N2O/c1-13-11-17-9-8-15(13)12-18-16(19)10-14-6-4-2-3-5-7-14/h13-15,17H,2-12H2,1H3,(H,18,19). The van der Waals surface area contributed by atoms with Crippen molar-refractivity contribution in [3.63, 3.8) is 0 Å². The SMILES string of the molecule is CC1CNCCC1CNC(=O)CC1CCCCCC1. The fourth-order valence-electron chi connectivity index (χ4n) is 3.52. The minimum absolute atomic E-state index is 0.289. The molecule has 2 atom stereocenters. The Balaban J connectivity index is 1.65. The van der Waals surface area contributed by atoms with Crippen LogP contribution in [0.25, 0.3) is 0 Å². The molecule has 0 bridgehead atoms. The topological polar surface area (TPSA) is 41.1 Å². The summed E-state index contributed by atoms with van der Waals surface area (Å²) in [4.78, 5) is 12.0. The normalized spacial score (nSPS) is 29.7. The molecule has 19 heavy (non-hydrogen) atoms. The van der Waals surface area contributed by atoms with Crippen LogP contribution in [-0.4, -0.2) is 25.5 Å². The molecule has 110 valence electrons. The van der Waals surface area contributed by atoms with Crippen molar-refractivity contribution in [3.8, 4) is 0 Å². The second kappa shape index (κ2) is 7.88. The molecule has 0 spiro atoms. The molecule has 1 amide bonds. The van der Waals surface area contributed by atoms with Gasteiger partial charge in [0, 0.05) is 13.0 Å². The van der Waals surface area contributed by atoms with Crippen molar-refractivity contribution in [2.24, 2.45) is 17.8 Å². The lowest BCUT2D eigenvalue weighted by molar-refractivity contribution is -0.122. The molecule has 0 aromatic carbocycles. The first-order valence-corrected chi connectivity index (χ1v) is 8.23. The summed E-state index contributed by atoms with van der Waals surface area (Å²) in [5.41, 5.74) is 0. The van der Waals surface area contributed by atoms with Gasteiger partial charge in [-0.05, 0) is 50.1 Å². The first kappa shape index (κ1) is 14.8. The highest BCUT2D eigenvalue weighted by Crippen LogP contribution is 2.25. The Labute approximate surface area is 117 Å². The zero-order chi connectivity index (χ0) is 13.5. The van der Waals surface area contributed by atoms with Crippen LogP contribution in [0.5, 0.6) is 0 Å². The van der Waals surface area contributed by atoms with Gasteiger partial charge in [-0.1, -0.05) is 32.6 Å². The lowest BCUT2D eigenvalue weighted by Gasteiger charge is -2.29. The average Bonchev–Trinajstić information content (AvgIpc) is 2.66. The van der Waals surface area contributed by atoms with E-state index in [-0.39, 0.29) is 5.91 Å². The van der Waals surface area contributed by atoms with Crippen LogP contribution in [0.2, 0.25) is 0 Å². The van der Waals surface area contributed by atoms with E-state index in [4.69, 9.17) is 0 Å². The third-order valence-corrected chi connectivity index (χ3v) is 4.97. The maximum atomic E-state index is 12.0. The molecule has 2 aliphatic rings. The molecule has 3 nitrogen and oxygen atoms in total. The lowest BCUT2D eigenvalue weighted by atomic mass is 9.88. The Morgan fingerprint density at radius 2 is 1.89 bits per heavy atom. The fraction of sp³-hybridized carbons (Fsp3) is 0.938. The first-order valence-electron chi connectivity index (χ1n) is 8.23. The zero-order valence-corrected chi connectivity index (χ0v) is 12.4. The van der Waals surface area contributed by atoms with E-state index in [2.05, 4.69) is 17.6 Å². The molecule has 0 aromatic heterocycles. The summed E-state index contributed by atoms with van der Waals surface area (Å²) in [6.45, 7) is 5.37. The predicted octanol–water partition coefficient (Wildman–Crippen LogP) is 2.71. The van der Waals surface area contributed by atoms with Gasteiger partial charge >= 0.3 is 0 Å². The van der Waals surface area contributed by atoms with Crippen molar-refractivity contribution in [3.05, 3.63) is 0 Å². The molecule has 3 heteroatoms. The molecule has 2 fully saturated rings. The van der Waals surface area contributed by atoms with E-state index < -0.39 is 0 Å². The van der Waals surface area contributed by atoms with Crippen molar-refractivity contribution in [2.75, 3.05) is 19.6 Å². The molecule has 0 radical (unpaired) electrons. The third-order valence-electron chi connectivity index (χ3n) is 4.97.